The Hall–Kier alpha value is -1.07. The van der Waals surface area contributed by atoms with Gasteiger partial charge in [0.25, 0.3) is 0 Å². The van der Waals surface area contributed by atoms with Crippen LogP contribution < -0.4 is 10.6 Å². The molecule has 0 aromatic rings. The number of hydrogen-bond acceptors (Lipinski definition) is 4. The van der Waals surface area contributed by atoms with Gasteiger partial charge < -0.3 is 9.47 Å². The molecular formula is C21H34N3O2+. The molecule has 0 aromatic carbocycles. The van der Waals surface area contributed by atoms with E-state index in [1.54, 1.807) is 0 Å². The van der Waals surface area contributed by atoms with Crippen molar-refractivity contribution in [3.8, 4) is 0 Å². The summed E-state index contributed by atoms with van der Waals surface area (Å²) in [6.45, 7) is 4.44. The maximum atomic E-state index is 6.66. The molecule has 0 radical (unpaired) electrons. The van der Waals surface area contributed by atoms with Gasteiger partial charge >= 0.3 is 5.96 Å². The number of guanidine groups is 1. The van der Waals surface area contributed by atoms with Crippen LogP contribution in [0.3, 0.4) is 0 Å². The third-order valence-electron chi connectivity index (χ3n) is 7.16. The molecule has 0 aliphatic carbocycles. The fraction of sp³-hybridized carbons (Fsp3) is 0.857. The summed E-state index contributed by atoms with van der Waals surface area (Å²) in [6.07, 6.45) is 16.6. The Kier molecular flexibility index (Phi) is 4.09. The first-order valence-electron chi connectivity index (χ1n) is 10.8. The van der Waals surface area contributed by atoms with Crippen LogP contribution in [0, 0.1) is 0 Å². The molecule has 144 valence electrons. The molecule has 5 nitrogen and oxygen atoms in total. The highest BCUT2D eigenvalue weighted by Crippen LogP contribution is 2.42. The Morgan fingerprint density at radius 1 is 1.08 bits per heavy atom. The zero-order valence-corrected chi connectivity index (χ0v) is 16.3. The van der Waals surface area contributed by atoms with Crippen molar-refractivity contribution in [2.24, 2.45) is 0 Å². The van der Waals surface area contributed by atoms with Crippen molar-refractivity contribution in [3.63, 3.8) is 0 Å². The average Bonchev–Trinajstić information content (AvgIpc) is 2.89. The summed E-state index contributed by atoms with van der Waals surface area (Å²) in [5, 5.41) is 7.69. The zero-order valence-electron chi connectivity index (χ0n) is 16.3. The first-order chi connectivity index (χ1) is 12.6. The van der Waals surface area contributed by atoms with Crippen LogP contribution in [0.15, 0.2) is 12.2 Å². The molecule has 2 spiro atoms. The Morgan fingerprint density at radius 3 is 2.50 bits per heavy atom. The standard InChI is InChI=1S/C21H33N3O2/c1-3-18-8-4-5-11-21(26-18)14-17-10-9-16-13-20(12-6-7-15(2)25-20)22-19(23-21)24(16)17/h4,8,15-18H,3,5-7,9-14H2,1-2H3,(H,22,23)/p+1/t15-,16+,17+,18+,20-,21+/m1/s1. The van der Waals surface area contributed by atoms with E-state index < -0.39 is 0 Å². The van der Waals surface area contributed by atoms with Crippen LogP contribution in [0.1, 0.15) is 78.1 Å². The van der Waals surface area contributed by atoms with Crippen LogP contribution in [0.25, 0.3) is 0 Å². The summed E-state index contributed by atoms with van der Waals surface area (Å²) in [5.41, 5.74) is -0.414. The van der Waals surface area contributed by atoms with Crippen LogP contribution in [-0.2, 0) is 9.47 Å². The zero-order chi connectivity index (χ0) is 17.8. The molecule has 6 atom stereocenters. The molecule has 0 aromatic heterocycles. The summed E-state index contributed by atoms with van der Waals surface area (Å²) < 4.78 is 15.8. The summed E-state index contributed by atoms with van der Waals surface area (Å²) in [7, 11) is 0. The monoisotopic (exact) mass is 360 g/mol. The van der Waals surface area contributed by atoms with Gasteiger partial charge in [-0.05, 0) is 45.4 Å². The molecule has 26 heavy (non-hydrogen) atoms. The second-order valence-corrected chi connectivity index (χ2v) is 9.14. The Bertz CT molecular complexity index is 633. The van der Waals surface area contributed by atoms with Crippen LogP contribution in [0.4, 0.5) is 0 Å². The van der Waals surface area contributed by atoms with E-state index in [0.717, 1.165) is 38.5 Å². The predicted molar refractivity (Wildman–Crippen MR) is 101 cm³/mol. The average molecular weight is 361 g/mol. The van der Waals surface area contributed by atoms with Crippen molar-refractivity contribution in [1.29, 1.82) is 0 Å². The molecule has 0 amide bonds. The van der Waals surface area contributed by atoms with Gasteiger partial charge in [-0.3, -0.25) is 4.58 Å². The van der Waals surface area contributed by atoms with Crippen molar-refractivity contribution in [2.75, 3.05) is 0 Å². The fourth-order valence-electron chi connectivity index (χ4n) is 6.02. The number of ether oxygens (including phenoxy) is 2. The van der Waals surface area contributed by atoms with Gasteiger partial charge in [-0.15, -0.1) is 0 Å². The van der Waals surface area contributed by atoms with Crippen LogP contribution >= 0.6 is 0 Å². The number of nitrogens with one attached hydrogen (secondary N) is 2. The summed E-state index contributed by atoms with van der Waals surface area (Å²) in [4.78, 5) is 0. The lowest BCUT2D eigenvalue weighted by Gasteiger charge is -2.47. The summed E-state index contributed by atoms with van der Waals surface area (Å²) >= 11 is 0. The van der Waals surface area contributed by atoms with Crippen LogP contribution in [0.5, 0.6) is 0 Å². The first kappa shape index (κ1) is 17.1. The largest absolute Gasteiger partial charge is 0.350 e. The SMILES string of the molecule is CC[C@H]1C=CCC[C@@]2(C[C@@H]3CC[C@H]4C[C@]5(CCC[C@@H](C)O5)NC(=[N+]43)N2)O1. The maximum Gasteiger partial charge on any atom is 0.350 e. The van der Waals surface area contributed by atoms with Crippen molar-refractivity contribution in [1.82, 2.24) is 10.6 Å². The molecule has 0 unspecified atom stereocenters. The minimum Gasteiger partial charge on any atom is -0.340 e. The Morgan fingerprint density at radius 2 is 1.81 bits per heavy atom. The molecule has 2 fully saturated rings. The van der Waals surface area contributed by atoms with Gasteiger partial charge in [-0.1, -0.05) is 19.1 Å². The van der Waals surface area contributed by atoms with Gasteiger partial charge in [-0.2, -0.15) is 0 Å². The molecule has 0 bridgehead atoms. The summed E-state index contributed by atoms with van der Waals surface area (Å²) in [5.74, 6) is 1.18. The Labute approximate surface area is 157 Å². The number of rotatable bonds is 1. The smallest absolute Gasteiger partial charge is 0.340 e. The molecule has 2 saturated heterocycles. The highest BCUT2D eigenvalue weighted by molar-refractivity contribution is 5.77. The van der Waals surface area contributed by atoms with E-state index in [1.165, 1.54) is 31.6 Å². The van der Waals surface area contributed by atoms with E-state index in [9.17, 15) is 0 Å². The van der Waals surface area contributed by atoms with Crippen LogP contribution in [0.2, 0.25) is 0 Å². The van der Waals surface area contributed by atoms with E-state index in [4.69, 9.17) is 9.47 Å². The normalized spacial score (nSPS) is 47.5. The minimum atomic E-state index is -0.235. The van der Waals surface area contributed by atoms with E-state index in [0.29, 0.717) is 18.2 Å². The van der Waals surface area contributed by atoms with Crippen molar-refractivity contribution >= 4 is 5.96 Å². The van der Waals surface area contributed by atoms with Gasteiger partial charge in [0.2, 0.25) is 0 Å². The highest BCUT2D eigenvalue weighted by Gasteiger charge is 2.57. The molecule has 5 aliphatic heterocycles. The second-order valence-electron chi connectivity index (χ2n) is 9.14. The topological polar surface area (TPSA) is 45.5 Å². The van der Waals surface area contributed by atoms with E-state index in [1.807, 2.05) is 0 Å². The lowest BCUT2D eigenvalue weighted by molar-refractivity contribution is -0.603. The van der Waals surface area contributed by atoms with Crippen molar-refractivity contribution in [2.45, 2.75) is 114 Å². The van der Waals surface area contributed by atoms with Crippen molar-refractivity contribution in [3.05, 3.63) is 12.2 Å². The molecule has 2 N–H and O–H groups in total. The second kappa shape index (κ2) is 6.23. The van der Waals surface area contributed by atoms with Gasteiger partial charge in [0.15, 0.2) is 11.4 Å². The maximum absolute atomic E-state index is 6.66. The first-order valence-corrected chi connectivity index (χ1v) is 10.8. The van der Waals surface area contributed by atoms with Gasteiger partial charge in [0, 0.05) is 25.7 Å². The quantitative estimate of drug-likeness (QED) is 0.557. The minimum absolute atomic E-state index is 0.179. The third kappa shape index (κ3) is 2.78. The highest BCUT2D eigenvalue weighted by atomic mass is 16.5. The fourth-order valence-corrected chi connectivity index (χ4v) is 6.02. The lowest BCUT2D eigenvalue weighted by Crippen LogP contribution is -2.72. The third-order valence-corrected chi connectivity index (χ3v) is 7.16. The number of nitrogens with zero attached hydrogens (tertiary/aromatic N) is 1. The number of allylic oxidation sites excluding steroid dienone is 1. The number of hydrogen-bond donors (Lipinski definition) is 2. The molecule has 5 aliphatic rings. The van der Waals surface area contributed by atoms with E-state index in [-0.39, 0.29) is 17.6 Å². The van der Waals surface area contributed by atoms with Crippen LogP contribution in [-0.4, -0.2) is 46.3 Å². The molecular weight excluding hydrogens is 326 g/mol. The predicted octanol–water partition coefficient (Wildman–Crippen LogP) is 3.00. The van der Waals surface area contributed by atoms with E-state index >= 15 is 0 Å². The lowest BCUT2D eigenvalue weighted by atomic mass is 9.90. The van der Waals surface area contributed by atoms with Gasteiger partial charge in [0.1, 0.15) is 0 Å². The summed E-state index contributed by atoms with van der Waals surface area (Å²) in [6, 6.07) is 1.20. The molecule has 5 heterocycles. The Balaban J connectivity index is 1.45. The van der Waals surface area contributed by atoms with E-state index in [2.05, 4.69) is 41.2 Å². The van der Waals surface area contributed by atoms with Gasteiger partial charge in [0.05, 0.1) is 24.3 Å². The molecule has 5 heteroatoms. The molecule has 5 rings (SSSR count). The molecule has 0 saturated carbocycles. The van der Waals surface area contributed by atoms with Crippen molar-refractivity contribution < 1.29 is 14.0 Å². The van der Waals surface area contributed by atoms with Gasteiger partial charge in [-0.25, -0.2) is 10.6 Å².